The summed E-state index contributed by atoms with van der Waals surface area (Å²) in [6.45, 7) is 3.23. The number of hydrogen-bond donors (Lipinski definition) is 0. The first-order valence-electron chi connectivity index (χ1n) is 9.57. The first-order chi connectivity index (χ1) is 13.5. The van der Waals surface area contributed by atoms with Gasteiger partial charge in [0.05, 0.1) is 23.6 Å². The molecule has 2 aliphatic rings. The van der Waals surface area contributed by atoms with Crippen LogP contribution in [-0.4, -0.2) is 44.4 Å². The van der Waals surface area contributed by atoms with Gasteiger partial charge in [0, 0.05) is 25.2 Å². The maximum atomic E-state index is 13.3. The molecule has 2 atom stereocenters. The van der Waals surface area contributed by atoms with Crippen molar-refractivity contribution in [3.05, 3.63) is 60.2 Å². The van der Waals surface area contributed by atoms with Crippen LogP contribution in [0.2, 0.25) is 0 Å². The highest BCUT2D eigenvalue weighted by molar-refractivity contribution is 7.89. The fourth-order valence-electron chi connectivity index (χ4n) is 3.97. The fraction of sp³-hybridized carbons (Fsp3) is 0.381. The van der Waals surface area contributed by atoms with Crippen molar-refractivity contribution in [1.82, 2.24) is 4.31 Å². The maximum absolute atomic E-state index is 13.3. The molecule has 28 heavy (non-hydrogen) atoms. The minimum Gasteiger partial charge on any atom is -0.370 e. The Labute approximate surface area is 165 Å². The molecular formula is C21H24N2O4S. The van der Waals surface area contributed by atoms with Gasteiger partial charge in [0.25, 0.3) is 0 Å². The molecule has 2 aliphatic heterocycles. The van der Waals surface area contributed by atoms with Crippen LogP contribution in [0.25, 0.3) is 0 Å². The van der Waals surface area contributed by atoms with E-state index in [4.69, 9.17) is 4.74 Å². The van der Waals surface area contributed by atoms with Gasteiger partial charge >= 0.3 is 0 Å². The minimum atomic E-state index is -3.66. The lowest BCUT2D eigenvalue weighted by Crippen LogP contribution is -2.48. The Morgan fingerprint density at radius 2 is 1.71 bits per heavy atom. The zero-order valence-corrected chi connectivity index (χ0v) is 16.6. The van der Waals surface area contributed by atoms with E-state index < -0.39 is 10.0 Å². The molecule has 4 rings (SSSR count). The molecule has 148 valence electrons. The van der Waals surface area contributed by atoms with E-state index in [1.807, 2.05) is 37.3 Å². The number of ether oxygens (including phenoxy) is 1. The summed E-state index contributed by atoms with van der Waals surface area (Å²) in [5.74, 6) is 0.0862. The summed E-state index contributed by atoms with van der Waals surface area (Å²) < 4.78 is 33.9. The molecule has 0 spiro atoms. The number of benzene rings is 2. The second-order valence-corrected chi connectivity index (χ2v) is 9.09. The summed E-state index contributed by atoms with van der Waals surface area (Å²) in [7, 11) is -3.66. The number of carbonyl (C=O) groups excluding carboxylic acids is 1. The molecule has 0 aromatic heterocycles. The van der Waals surface area contributed by atoms with Crippen LogP contribution in [0.1, 0.15) is 31.4 Å². The van der Waals surface area contributed by atoms with Crippen molar-refractivity contribution in [1.29, 1.82) is 0 Å². The average molecular weight is 401 g/mol. The molecule has 6 nitrogen and oxygen atoms in total. The van der Waals surface area contributed by atoms with Crippen molar-refractivity contribution in [2.75, 3.05) is 24.6 Å². The summed E-state index contributed by atoms with van der Waals surface area (Å²) in [5, 5.41) is 0. The van der Waals surface area contributed by atoms with Crippen molar-refractivity contribution in [2.24, 2.45) is 0 Å². The van der Waals surface area contributed by atoms with E-state index in [1.54, 1.807) is 29.2 Å². The Balaban J connectivity index is 1.58. The molecule has 0 radical (unpaired) electrons. The van der Waals surface area contributed by atoms with Gasteiger partial charge in [-0.05, 0) is 43.2 Å². The molecule has 7 heteroatoms. The zero-order chi connectivity index (χ0) is 19.7. The van der Waals surface area contributed by atoms with Crippen molar-refractivity contribution >= 4 is 21.6 Å². The number of nitrogens with zero attached hydrogens (tertiary/aromatic N) is 2. The second-order valence-electron chi connectivity index (χ2n) is 7.20. The van der Waals surface area contributed by atoms with Crippen molar-refractivity contribution in [3.8, 4) is 0 Å². The summed E-state index contributed by atoms with van der Waals surface area (Å²) in [6, 6.07) is 16.0. The largest absolute Gasteiger partial charge is 0.370 e. The fourth-order valence-corrected chi connectivity index (χ4v) is 5.59. The van der Waals surface area contributed by atoms with Crippen LogP contribution in [-0.2, 0) is 19.6 Å². The molecule has 2 aromatic rings. The van der Waals surface area contributed by atoms with E-state index in [0.717, 1.165) is 17.7 Å². The van der Waals surface area contributed by atoms with Gasteiger partial charge in [-0.25, -0.2) is 8.42 Å². The van der Waals surface area contributed by atoms with Crippen LogP contribution in [0.4, 0.5) is 5.69 Å². The quantitative estimate of drug-likeness (QED) is 0.791. The van der Waals surface area contributed by atoms with Crippen LogP contribution in [0.3, 0.4) is 0 Å². The standard InChI is InChI=1S/C21H24N2O4S/c1-16-21(17-6-3-2-4-7-17)27-15-14-23(16)28(25,26)19-11-9-18(10-12-19)22-13-5-8-20(22)24/h2-4,6-7,9-12,16,21H,5,8,13-15H2,1H3. The first kappa shape index (κ1) is 19.1. The highest BCUT2D eigenvalue weighted by Crippen LogP contribution is 2.32. The Bertz CT molecular complexity index is 944. The maximum Gasteiger partial charge on any atom is 0.243 e. The minimum absolute atomic E-state index is 0.0862. The van der Waals surface area contributed by atoms with E-state index in [0.29, 0.717) is 26.1 Å². The topological polar surface area (TPSA) is 66.9 Å². The SMILES string of the molecule is CC1C(c2ccccc2)OCCN1S(=O)(=O)c1ccc(N2CCCC2=O)cc1. The molecule has 2 saturated heterocycles. The monoisotopic (exact) mass is 400 g/mol. The number of rotatable bonds is 4. The van der Waals surface area contributed by atoms with Crippen LogP contribution in [0.15, 0.2) is 59.5 Å². The highest BCUT2D eigenvalue weighted by atomic mass is 32.2. The molecule has 0 aliphatic carbocycles. The van der Waals surface area contributed by atoms with Crippen LogP contribution in [0, 0.1) is 0 Å². The molecule has 0 N–H and O–H groups in total. The Morgan fingerprint density at radius 1 is 1.00 bits per heavy atom. The van der Waals surface area contributed by atoms with E-state index in [1.165, 1.54) is 4.31 Å². The van der Waals surface area contributed by atoms with Gasteiger partial charge in [0.1, 0.15) is 0 Å². The lowest BCUT2D eigenvalue weighted by atomic mass is 10.0. The van der Waals surface area contributed by atoms with Crippen LogP contribution < -0.4 is 4.90 Å². The number of carbonyl (C=O) groups is 1. The van der Waals surface area contributed by atoms with Gasteiger partial charge in [0.15, 0.2) is 0 Å². The van der Waals surface area contributed by atoms with E-state index in [-0.39, 0.29) is 22.9 Å². The smallest absolute Gasteiger partial charge is 0.243 e. The summed E-state index contributed by atoms with van der Waals surface area (Å²) in [6.07, 6.45) is 1.09. The van der Waals surface area contributed by atoms with Gasteiger partial charge < -0.3 is 9.64 Å². The van der Waals surface area contributed by atoms with Crippen LogP contribution >= 0.6 is 0 Å². The number of anilines is 1. The van der Waals surface area contributed by atoms with Crippen LogP contribution in [0.5, 0.6) is 0 Å². The summed E-state index contributed by atoms with van der Waals surface area (Å²) in [4.78, 5) is 13.9. The van der Waals surface area contributed by atoms with Crippen molar-refractivity contribution < 1.29 is 17.9 Å². The predicted octanol–water partition coefficient (Wildman–Crippen LogP) is 2.96. The predicted molar refractivity (Wildman–Crippen MR) is 107 cm³/mol. The average Bonchev–Trinajstić information content (AvgIpc) is 3.14. The number of amides is 1. The summed E-state index contributed by atoms with van der Waals surface area (Å²) >= 11 is 0. The van der Waals surface area contributed by atoms with E-state index >= 15 is 0 Å². The van der Waals surface area contributed by atoms with Gasteiger partial charge in [-0.3, -0.25) is 4.79 Å². The molecule has 0 bridgehead atoms. The molecule has 2 aromatic carbocycles. The Kier molecular flexibility index (Phi) is 5.23. The zero-order valence-electron chi connectivity index (χ0n) is 15.8. The Morgan fingerprint density at radius 3 is 2.36 bits per heavy atom. The molecule has 1 amide bonds. The molecular weight excluding hydrogens is 376 g/mol. The molecule has 2 heterocycles. The van der Waals surface area contributed by atoms with E-state index in [2.05, 4.69) is 0 Å². The number of sulfonamides is 1. The molecule has 2 fully saturated rings. The Hall–Kier alpha value is -2.22. The van der Waals surface area contributed by atoms with Gasteiger partial charge in [0.2, 0.25) is 15.9 Å². The highest BCUT2D eigenvalue weighted by Gasteiger charge is 2.38. The third-order valence-corrected chi connectivity index (χ3v) is 7.46. The third kappa shape index (κ3) is 3.45. The third-order valence-electron chi connectivity index (χ3n) is 5.46. The number of hydrogen-bond acceptors (Lipinski definition) is 4. The summed E-state index contributed by atoms with van der Waals surface area (Å²) in [5.41, 5.74) is 1.72. The van der Waals surface area contributed by atoms with Gasteiger partial charge in [-0.2, -0.15) is 4.31 Å². The molecule has 0 saturated carbocycles. The van der Waals surface area contributed by atoms with Crippen molar-refractivity contribution in [3.63, 3.8) is 0 Å². The van der Waals surface area contributed by atoms with Gasteiger partial charge in [-0.15, -0.1) is 0 Å². The van der Waals surface area contributed by atoms with Crippen molar-refractivity contribution in [2.45, 2.75) is 36.8 Å². The second kappa shape index (κ2) is 7.66. The first-order valence-corrected chi connectivity index (χ1v) is 11.0. The van der Waals surface area contributed by atoms with E-state index in [9.17, 15) is 13.2 Å². The van der Waals surface area contributed by atoms with Gasteiger partial charge in [-0.1, -0.05) is 30.3 Å². The number of morpholine rings is 1. The lowest BCUT2D eigenvalue weighted by Gasteiger charge is -2.38. The normalized spacial score (nSPS) is 23.9. The molecule has 2 unspecified atom stereocenters. The lowest BCUT2D eigenvalue weighted by molar-refractivity contribution is -0.117.